The number of urea groups is 1. The molecule has 0 saturated carbocycles. The molecule has 4 amide bonds. The second-order valence-corrected chi connectivity index (χ2v) is 6.22. The second-order valence-electron chi connectivity index (χ2n) is 6.22. The molecule has 3 rings (SSSR count). The zero-order valence-electron chi connectivity index (χ0n) is 14.2. The number of anilines is 1. The van der Waals surface area contributed by atoms with Crippen LogP contribution in [0.2, 0.25) is 0 Å². The maximum atomic E-state index is 12.9. The van der Waals surface area contributed by atoms with Gasteiger partial charge in [-0.2, -0.15) is 0 Å². The maximum absolute atomic E-state index is 12.9. The van der Waals surface area contributed by atoms with Gasteiger partial charge in [-0.25, -0.2) is 4.79 Å². The van der Waals surface area contributed by atoms with Crippen LogP contribution in [0.15, 0.2) is 18.2 Å². The third-order valence-corrected chi connectivity index (χ3v) is 4.57. The fourth-order valence-corrected chi connectivity index (χ4v) is 3.36. The predicted octanol–water partition coefficient (Wildman–Crippen LogP) is 0.428. The van der Waals surface area contributed by atoms with Crippen LogP contribution in [-0.4, -0.2) is 36.2 Å². The number of hydrogen-bond acceptors (Lipinski definition) is 6. The zero-order valence-corrected chi connectivity index (χ0v) is 14.2. The van der Waals surface area contributed by atoms with Crippen molar-refractivity contribution in [3.05, 3.63) is 34.5 Å². The highest BCUT2D eigenvalue weighted by Crippen LogP contribution is 2.38. The van der Waals surface area contributed by atoms with Crippen LogP contribution in [-0.2, 0) is 16.1 Å². The Hall–Kier alpha value is -2.94. The molecule has 1 aromatic rings. The van der Waals surface area contributed by atoms with Crippen molar-refractivity contribution in [1.29, 1.82) is 0 Å². The van der Waals surface area contributed by atoms with Gasteiger partial charge in [-0.3, -0.25) is 19.7 Å². The van der Waals surface area contributed by atoms with Crippen molar-refractivity contribution in [1.82, 2.24) is 16.0 Å². The van der Waals surface area contributed by atoms with E-state index in [0.717, 1.165) is 0 Å². The van der Waals surface area contributed by atoms with E-state index in [1.807, 2.05) is 0 Å². The molecule has 1 aromatic carbocycles. The minimum absolute atomic E-state index is 0.0800. The summed E-state index contributed by atoms with van der Waals surface area (Å²) in [4.78, 5) is 47.9. The first-order valence-corrected chi connectivity index (χ1v) is 8.42. The van der Waals surface area contributed by atoms with E-state index >= 15 is 0 Å². The van der Waals surface area contributed by atoms with E-state index in [-0.39, 0.29) is 36.7 Å². The summed E-state index contributed by atoms with van der Waals surface area (Å²) in [5.74, 6) is -2.35. The van der Waals surface area contributed by atoms with Gasteiger partial charge >= 0.3 is 6.03 Å². The third kappa shape index (κ3) is 3.13. The quantitative estimate of drug-likeness (QED) is 0.668. The number of amides is 4. The van der Waals surface area contributed by atoms with Crippen molar-refractivity contribution in [2.24, 2.45) is 5.92 Å². The number of hydroxylamine groups is 1. The number of ketones is 1. The molecule has 9 nitrogen and oxygen atoms in total. The zero-order chi connectivity index (χ0) is 18.8. The van der Waals surface area contributed by atoms with Gasteiger partial charge < -0.3 is 20.9 Å². The molecule has 9 heteroatoms. The molecule has 26 heavy (non-hydrogen) atoms. The Labute approximate surface area is 149 Å². The molecular formula is C17H19N4O5-. The van der Waals surface area contributed by atoms with Gasteiger partial charge in [-0.05, 0) is 25.0 Å². The van der Waals surface area contributed by atoms with E-state index in [9.17, 15) is 24.4 Å². The van der Waals surface area contributed by atoms with Crippen molar-refractivity contribution in [2.45, 2.75) is 32.4 Å². The highest BCUT2D eigenvalue weighted by molar-refractivity contribution is 6.15. The molecule has 2 aliphatic rings. The van der Waals surface area contributed by atoms with Crippen LogP contribution in [0.25, 0.3) is 0 Å². The van der Waals surface area contributed by atoms with Crippen molar-refractivity contribution >= 4 is 29.3 Å². The normalized spacial score (nSPS) is 22.1. The van der Waals surface area contributed by atoms with Crippen LogP contribution in [0.1, 0.15) is 35.7 Å². The van der Waals surface area contributed by atoms with E-state index in [1.165, 1.54) is 6.07 Å². The Morgan fingerprint density at radius 2 is 2.08 bits per heavy atom. The van der Waals surface area contributed by atoms with Crippen molar-refractivity contribution in [3.63, 3.8) is 0 Å². The summed E-state index contributed by atoms with van der Waals surface area (Å²) >= 11 is 0. The highest BCUT2D eigenvalue weighted by Gasteiger charge is 2.44. The molecule has 1 saturated heterocycles. The van der Waals surface area contributed by atoms with E-state index in [2.05, 4.69) is 16.0 Å². The molecule has 2 aliphatic heterocycles. The van der Waals surface area contributed by atoms with Gasteiger partial charge in [-0.1, -0.05) is 12.1 Å². The lowest BCUT2D eigenvalue weighted by Crippen LogP contribution is -2.50. The van der Waals surface area contributed by atoms with Gasteiger partial charge in [0, 0.05) is 30.8 Å². The van der Waals surface area contributed by atoms with Gasteiger partial charge in [0.1, 0.15) is 0 Å². The lowest BCUT2D eigenvalue weighted by molar-refractivity contribution is -0.136. The number of rotatable bonds is 4. The number of hydrogen-bond donors (Lipinski definition) is 3. The second kappa shape index (κ2) is 7.12. The predicted molar refractivity (Wildman–Crippen MR) is 92.2 cm³/mol. The number of carbonyl (C=O) groups excluding carboxylic acids is 4. The van der Waals surface area contributed by atoms with Crippen molar-refractivity contribution in [2.75, 3.05) is 11.6 Å². The lowest BCUT2D eigenvalue weighted by Gasteiger charge is -2.37. The van der Waals surface area contributed by atoms with E-state index in [1.54, 1.807) is 19.1 Å². The number of benzene rings is 1. The number of Topliss-reactive ketones (excluding diaryl/α,β-unsaturated/α-hetero) is 1. The molecule has 0 aromatic heterocycles. The van der Waals surface area contributed by atoms with Crippen LogP contribution in [0.4, 0.5) is 10.5 Å². The number of carbonyl (C=O) groups is 4. The third-order valence-electron chi connectivity index (χ3n) is 4.57. The number of nitrogens with one attached hydrogen (secondary N) is 3. The highest BCUT2D eigenvalue weighted by atomic mass is 16.5. The Kier molecular flexibility index (Phi) is 4.90. The number of piperidine rings is 1. The van der Waals surface area contributed by atoms with Crippen LogP contribution >= 0.6 is 0 Å². The SMILES string of the molecule is CCNC(=O)NCc1cccc2c1C(=O)C(C1CCC(=O)NC1=O)N2[O-]. The summed E-state index contributed by atoms with van der Waals surface area (Å²) in [6.07, 6.45) is 0.246. The van der Waals surface area contributed by atoms with Crippen LogP contribution in [0.5, 0.6) is 0 Å². The maximum Gasteiger partial charge on any atom is 0.315 e. The lowest BCUT2D eigenvalue weighted by atomic mass is 9.87. The molecule has 3 N–H and O–H groups in total. The molecule has 0 radical (unpaired) electrons. The molecular weight excluding hydrogens is 340 g/mol. The summed E-state index contributed by atoms with van der Waals surface area (Å²) in [7, 11) is 0. The molecule has 0 spiro atoms. The summed E-state index contributed by atoms with van der Waals surface area (Å²) in [5.41, 5.74) is 0.906. The average Bonchev–Trinajstić information content (AvgIpc) is 2.85. The molecule has 138 valence electrons. The van der Waals surface area contributed by atoms with Gasteiger partial charge in [-0.15, -0.1) is 0 Å². The van der Waals surface area contributed by atoms with Crippen LogP contribution < -0.4 is 21.0 Å². The van der Waals surface area contributed by atoms with Crippen molar-refractivity contribution in [3.8, 4) is 0 Å². The first-order chi connectivity index (χ1) is 12.4. The van der Waals surface area contributed by atoms with Crippen LogP contribution in [0, 0.1) is 11.1 Å². The largest absolute Gasteiger partial charge is 0.758 e. The molecule has 2 unspecified atom stereocenters. The minimum atomic E-state index is -1.19. The summed E-state index contributed by atoms with van der Waals surface area (Å²) in [6.45, 7) is 2.32. The Balaban J connectivity index is 1.84. The Bertz CT molecular complexity index is 778. The molecule has 0 aliphatic carbocycles. The van der Waals surface area contributed by atoms with Gasteiger partial charge in [0.15, 0.2) is 5.78 Å². The first-order valence-electron chi connectivity index (χ1n) is 8.42. The standard InChI is InChI=1S/C17H19N4O5/c1-2-18-17(25)19-8-9-4-3-5-11-13(9)15(23)14(21(11)26)10-6-7-12(22)20-16(10)24/h3-5,10,14H,2,6-8H2,1H3,(H2,18,19,25)(H,20,22,24)/q-1. The summed E-state index contributed by atoms with van der Waals surface area (Å²) in [5, 5.41) is 20.6. The molecule has 2 atom stereocenters. The topological polar surface area (TPSA) is 131 Å². The average molecular weight is 359 g/mol. The monoisotopic (exact) mass is 359 g/mol. The Morgan fingerprint density at radius 1 is 1.31 bits per heavy atom. The Morgan fingerprint density at radius 3 is 2.77 bits per heavy atom. The summed E-state index contributed by atoms with van der Waals surface area (Å²) in [6, 6.07) is 3.23. The number of nitrogens with zero attached hydrogens (tertiary/aromatic N) is 1. The van der Waals surface area contributed by atoms with Crippen molar-refractivity contribution < 1.29 is 19.2 Å². The van der Waals surface area contributed by atoms with Crippen LogP contribution in [0.3, 0.4) is 0 Å². The fraction of sp³-hybridized carbons (Fsp3) is 0.412. The van der Waals surface area contributed by atoms with E-state index in [0.29, 0.717) is 17.2 Å². The fourth-order valence-electron chi connectivity index (χ4n) is 3.36. The van der Waals surface area contributed by atoms with Gasteiger partial charge in [0.2, 0.25) is 11.8 Å². The molecule has 2 heterocycles. The first kappa shape index (κ1) is 17.9. The van der Waals surface area contributed by atoms with E-state index < -0.39 is 29.6 Å². The minimum Gasteiger partial charge on any atom is -0.758 e. The molecule has 0 bridgehead atoms. The molecule has 1 fully saturated rings. The van der Waals surface area contributed by atoms with Gasteiger partial charge in [0.05, 0.1) is 12.0 Å². The number of fused-ring (bicyclic) bond motifs is 1. The van der Waals surface area contributed by atoms with E-state index in [4.69, 9.17) is 0 Å². The summed E-state index contributed by atoms with van der Waals surface area (Å²) < 4.78 is 0. The van der Waals surface area contributed by atoms with Gasteiger partial charge in [0.25, 0.3) is 0 Å². The number of imide groups is 1. The smallest absolute Gasteiger partial charge is 0.315 e.